The molecule has 1 aromatic heterocycles. The van der Waals surface area contributed by atoms with Crippen LogP contribution in [0.15, 0.2) is 18.5 Å². The number of aliphatic carboxylic acids is 1. The third kappa shape index (κ3) is 3.70. The molecular weight excluding hydrogens is 248 g/mol. The summed E-state index contributed by atoms with van der Waals surface area (Å²) in [6.45, 7) is 1.72. The van der Waals surface area contributed by atoms with Crippen molar-refractivity contribution in [3.63, 3.8) is 0 Å². The highest BCUT2D eigenvalue weighted by Crippen LogP contribution is 2.19. The number of urea groups is 1. The van der Waals surface area contributed by atoms with E-state index in [1.807, 2.05) is 12.3 Å². The molecule has 0 aliphatic carbocycles. The normalized spacial score (nSPS) is 18.5. The van der Waals surface area contributed by atoms with Gasteiger partial charge in [-0.25, -0.2) is 4.79 Å². The van der Waals surface area contributed by atoms with E-state index in [4.69, 9.17) is 5.11 Å². The molecule has 1 atom stereocenters. The van der Waals surface area contributed by atoms with E-state index in [1.54, 1.807) is 15.8 Å². The molecule has 7 heteroatoms. The Balaban J connectivity index is 1.77. The lowest BCUT2D eigenvalue weighted by atomic mass is 10.1. The monoisotopic (exact) mass is 266 g/mol. The largest absolute Gasteiger partial charge is 0.481 e. The van der Waals surface area contributed by atoms with Gasteiger partial charge in [0.1, 0.15) is 0 Å². The van der Waals surface area contributed by atoms with Crippen LogP contribution in [-0.2, 0) is 11.3 Å². The Morgan fingerprint density at radius 3 is 3.00 bits per heavy atom. The van der Waals surface area contributed by atoms with E-state index in [0.717, 1.165) is 12.8 Å². The van der Waals surface area contributed by atoms with E-state index < -0.39 is 5.97 Å². The zero-order valence-electron chi connectivity index (χ0n) is 10.7. The number of nitrogens with zero attached hydrogens (tertiary/aromatic N) is 3. The molecule has 2 heterocycles. The summed E-state index contributed by atoms with van der Waals surface area (Å²) >= 11 is 0. The van der Waals surface area contributed by atoms with Crippen LogP contribution in [0, 0.1) is 0 Å². The van der Waals surface area contributed by atoms with Gasteiger partial charge < -0.3 is 15.3 Å². The van der Waals surface area contributed by atoms with Crippen LogP contribution in [0.3, 0.4) is 0 Å². The first kappa shape index (κ1) is 13.4. The number of hydrogen-bond acceptors (Lipinski definition) is 3. The predicted molar refractivity (Wildman–Crippen MR) is 67.6 cm³/mol. The maximum atomic E-state index is 12.0. The Kier molecular flexibility index (Phi) is 4.38. The smallest absolute Gasteiger partial charge is 0.317 e. The number of likely N-dealkylation sites (tertiary alicyclic amines) is 1. The lowest BCUT2D eigenvalue weighted by Crippen LogP contribution is -2.44. The van der Waals surface area contributed by atoms with Gasteiger partial charge in [-0.05, 0) is 18.9 Å². The van der Waals surface area contributed by atoms with Crippen molar-refractivity contribution in [3.8, 4) is 0 Å². The average molecular weight is 266 g/mol. The zero-order chi connectivity index (χ0) is 13.7. The van der Waals surface area contributed by atoms with Crippen molar-refractivity contribution in [2.75, 3.05) is 13.1 Å². The number of carbonyl (C=O) groups is 2. The van der Waals surface area contributed by atoms with Gasteiger partial charge in [0.15, 0.2) is 0 Å². The molecule has 1 saturated heterocycles. The molecule has 0 saturated carbocycles. The summed E-state index contributed by atoms with van der Waals surface area (Å²) in [5.41, 5.74) is 0. The van der Waals surface area contributed by atoms with Crippen LogP contribution in [0.1, 0.15) is 19.3 Å². The van der Waals surface area contributed by atoms with Crippen LogP contribution in [0.5, 0.6) is 0 Å². The molecule has 2 rings (SSSR count). The number of carboxylic acids is 1. The van der Waals surface area contributed by atoms with Crippen molar-refractivity contribution in [3.05, 3.63) is 18.5 Å². The number of hydrogen-bond donors (Lipinski definition) is 2. The van der Waals surface area contributed by atoms with E-state index in [1.165, 1.54) is 0 Å². The molecule has 1 aliphatic heterocycles. The van der Waals surface area contributed by atoms with Crippen LogP contribution in [-0.4, -0.2) is 50.9 Å². The molecule has 2 amide bonds. The number of aromatic nitrogens is 2. The Morgan fingerprint density at radius 1 is 1.47 bits per heavy atom. The lowest BCUT2D eigenvalue weighted by Gasteiger charge is -2.23. The second-order valence-electron chi connectivity index (χ2n) is 4.59. The van der Waals surface area contributed by atoms with Gasteiger partial charge in [-0.15, -0.1) is 0 Å². The molecule has 0 bridgehead atoms. The fourth-order valence-corrected chi connectivity index (χ4v) is 2.33. The molecule has 0 aromatic carbocycles. The Hall–Kier alpha value is -2.05. The van der Waals surface area contributed by atoms with Crippen LogP contribution in [0.4, 0.5) is 4.79 Å². The minimum Gasteiger partial charge on any atom is -0.481 e. The minimum absolute atomic E-state index is 0.0204. The van der Waals surface area contributed by atoms with E-state index in [-0.39, 0.29) is 18.5 Å². The van der Waals surface area contributed by atoms with Gasteiger partial charge in [-0.2, -0.15) is 5.10 Å². The van der Waals surface area contributed by atoms with Gasteiger partial charge in [-0.3, -0.25) is 9.48 Å². The number of amides is 2. The van der Waals surface area contributed by atoms with E-state index >= 15 is 0 Å². The molecule has 7 nitrogen and oxygen atoms in total. The molecule has 19 heavy (non-hydrogen) atoms. The molecule has 104 valence electrons. The Bertz CT molecular complexity index is 432. The van der Waals surface area contributed by atoms with Crippen molar-refractivity contribution in [2.24, 2.45) is 0 Å². The first-order valence-electron chi connectivity index (χ1n) is 6.40. The summed E-state index contributed by atoms with van der Waals surface area (Å²) in [6, 6.07) is 1.46. The maximum Gasteiger partial charge on any atom is 0.317 e. The predicted octanol–water partition coefficient (Wildman–Crippen LogP) is 0.532. The first-order chi connectivity index (χ1) is 9.16. The summed E-state index contributed by atoms with van der Waals surface area (Å²) in [6.07, 6.45) is 5.16. The Labute approximate surface area is 111 Å². The van der Waals surface area contributed by atoms with Crippen LogP contribution >= 0.6 is 0 Å². The average Bonchev–Trinajstić information content (AvgIpc) is 2.99. The summed E-state index contributed by atoms with van der Waals surface area (Å²) in [7, 11) is 0. The van der Waals surface area contributed by atoms with Crippen molar-refractivity contribution >= 4 is 12.0 Å². The van der Waals surface area contributed by atoms with Crippen molar-refractivity contribution in [2.45, 2.75) is 31.8 Å². The van der Waals surface area contributed by atoms with Crippen molar-refractivity contribution in [1.29, 1.82) is 0 Å². The molecule has 0 spiro atoms. The second kappa shape index (κ2) is 6.21. The summed E-state index contributed by atoms with van der Waals surface area (Å²) in [5, 5.41) is 15.6. The molecule has 1 unspecified atom stereocenters. The van der Waals surface area contributed by atoms with E-state index in [2.05, 4.69) is 10.4 Å². The van der Waals surface area contributed by atoms with Gasteiger partial charge in [0.2, 0.25) is 0 Å². The van der Waals surface area contributed by atoms with E-state index in [0.29, 0.717) is 19.6 Å². The third-order valence-corrected chi connectivity index (χ3v) is 3.22. The molecule has 2 N–H and O–H groups in total. The van der Waals surface area contributed by atoms with Gasteiger partial charge in [0.05, 0.1) is 13.0 Å². The van der Waals surface area contributed by atoms with Gasteiger partial charge in [0, 0.05) is 31.5 Å². The quantitative estimate of drug-likeness (QED) is 0.814. The topological polar surface area (TPSA) is 87.5 Å². The fraction of sp³-hybridized carbons (Fsp3) is 0.583. The summed E-state index contributed by atoms with van der Waals surface area (Å²) < 4.78 is 1.74. The fourth-order valence-electron chi connectivity index (χ4n) is 2.33. The SMILES string of the molecule is O=C(O)CC1CCCN1C(=O)NCCn1cccn1. The van der Waals surface area contributed by atoms with Crippen molar-refractivity contribution < 1.29 is 14.7 Å². The molecule has 1 aromatic rings. The highest BCUT2D eigenvalue weighted by molar-refractivity contribution is 5.76. The standard InChI is InChI=1S/C12H18N4O3/c17-11(18)9-10-3-1-7-16(10)12(19)13-5-8-15-6-2-4-14-15/h2,4,6,10H,1,3,5,7-9H2,(H,13,19)(H,17,18). The third-order valence-electron chi connectivity index (χ3n) is 3.22. The number of carbonyl (C=O) groups excluding carboxylic acids is 1. The number of rotatable bonds is 5. The summed E-state index contributed by atoms with van der Waals surface area (Å²) in [5.74, 6) is -0.860. The minimum atomic E-state index is -0.860. The van der Waals surface area contributed by atoms with Crippen LogP contribution < -0.4 is 5.32 Å². The van der Waals surface area contributed by atoms with Gasteiger partial charge in [-0.1, -0.05) is 0 Å². The summed E-state index contributed by atoms with van der Waals surface area (Å²) in [4.78, 5) is 24.3. The molecular formula is C12H18N4O3. The maximum absolute atomic E-state index is 12.0. The van der Waals surface area contributed by atoms with Crippen LogP contribution in [0.25, 0.3) is 0 Å². The van der Waals surface area contributed by atoms with Gasteiger partial charge >= 0.3 is 12.0 Å². The zero-order valence-corrected chi connectivity index (χ0v) is 10.7. The Morgan fingerprint density at radius 2 is 2.32 bits per heavy atom. The lowest BCUT2D eigenvalue weighted by molar-refractivity contribution is -0.137. The van der Waals surface area contributed by atoms with Crippen LogP contribution in [0.2, 0.25) is 0 Å². The number of nitrogens with one attached hydrogen (secondary N) is 1. The number of carboxylic acid groups (broad SMARTS) is 1. The highest BCUT2D eigenvalue weighted by Gasteiger charge is 2.29. The molecule has 1 fully saturated rings. The van der Waals surface area contributed by atoms with Crippen molar-refractivity contribution in [1.82, 2.24) is 20.0 Å². The van der Waals surface area contributed by atoms with E-state index in [9.17, 15) is 9.59 Å². The first-order valence-corrected chi connectivity index (χ1v) is 6.40. The highest BCUT2D eigenvalue weighted by atomic mass is 16.4. The molecule has 0 radical (unpaired) electrons. The van der Waals surface area contributed by atoms with Gasteiger partial charge in [0.25, 0.3) is 0 Å². The molecule has 1 aliphatic rings. The second-order valence-corrected chi connectivity index (χ2v) is 4.59.